The number of aldehydes is 1. The first-order chi connectivity index (χ1) is 7.74. The van der Waals surface area contributed by atoms with Crippen molar-refractivity contribution in [1.82, 2.24) is 0 Å². The van der Waals surface area contributed by atoms with Crippen LogP contribution >= 0.6 is 0 Å². The van der Waals surface area contributed by atoms with Crippen molar-refractivity contribution in [2.75, 3.05) is 0 Å². The molecule has 0 fully saturated rings. The number of allylic oxidation sites excluding steroid dienone is 2. The number of rotatable bonds is 3. The minimum atomic E-state index is -0.466. The second-order valence-electron chi connectivity index (χ2n) is 3.79. The summed E-state index contributed by atoms with van der Waals surface area (Å²) in [6.07, 6.45) is 3.48. The van der Waals surface area contributed by atoms with E-state index in [1.165, 1.54) is 6.07 Å². The van der Waals surface area contributed by atoms with Gasteiger partial charge in [0, 0.05) is 5.56 Å². The molecule has 0 saturated carbocycles. The molecule has 2 rings (SSSR count). The molecule has 0 radical (unpaired) electrons. The van der Waals surface area contributed by atoms with Gasteiger partial charge in [-0.25, -0.2) is 4.39 Å². The van der Waals surface area contributed by atoms with Crippen LogP contribution in [0.3, 0.4) is 0 Å². The van der Waals surface area contributed by atoms with Crippen LogP contribution in [0.5, 0.6) is 0 Å². The molecular weight excluding hydrogens is 207 g/mol. The zero-order chi connectivity index (χ0) is 11.5. The van der Waals surface area contributed by atoms with E-state index in [1.54, 1.807) is 18.2 Å². The van der Waals surface area contributed by atoms with E-state index in [-0.39, 0.29) is 5.82 Å². The highest BCUT2D eigenvalue weighted by Gasteiger charge is 2.27. The van der Waals surface area contributed by atoms with Gasteiger partial charge in [0.2, 0.25) is 5.78 Å². The summed E-state index contributed by atoms with van der Waals surface area (Å²) in [6, 6.07) is 6.32. The molecule has 16 heavy (non-hydrogen) atoms. The van der Waals surface area contributed by atoms with Gasteiger partial charge in [-0.1, -0.05) is 24.3 Å². The monoisotopic (exact) mass is 218 g/mol. The number of halogens is 1. The van der Waals surface area contributed by atoms with Crippen molar-refractivity contribution >= 4 is 17.6 Å². The van der Waals surface area contributed by atoms with Crippen LogP contribution in [0.25, 0.3) is 5.57 Å². The zero-order valence-electron chi connectivity index (χ0n) is 8.65. The predicted octanol–water partition coefficient (Wildman–Crippen LogP) is 2.39. The largest absolute Gasteiger partial charge is 0.295 e. The van der Waals surface area contributed by atoms with Crippen molar-refractivity contribution in [2.45, 2.75) is 12.8 Å². The van der Waals surface area contributed by atoms with Crippen molar-refractivity contribution in [1.29, 1.82) is 0 Å². The molecule has 0 aliphatic heterocycles. The van der Waals surface area contributed by atoms with Crippen LogP contribution in [-0.2, 0) is 9.59 Å². The van der Waals surface area contributed by atoms with E-state index in [2.05, 4.69) is 0 Å². The van der Waals surface area contributed by atoms with Crippen LogP contribution in [0.15, 0.2) is 30.3 Å². The number of hydrogen-bond donors (Lipinski definition) is 0. The lowest BCUT2D eigenvalue weighted by Gasteiger charge is -2.11. The fourth-order valence-corrected chi connectivity index (χ4v) is 2.07. The quantitative estimate of drug-likeness (QED) is 0.576. The number of carbonyl (C=O) groups excluding carboxylic acids is 2. The first-order valence-corrected chi connectivity index (χ1v) is 5.18. The minimum Gasteiger partial charge on any atom is -0.295 e. The van der Waals surface area contributed by atoms with Crippen molar-refractivity contribution in [3.63, 3.8) is 0 Å². The minimum absolute atomic E-state index is 0.324. The molecule has 1 unspecified atom stereocenters. The van der Waals surface area contributed by atoms with Crippen LogP contribution in [0, 0.1) is 11.7 Å². The van der Waals surface area contributed by atoms with E-state index in [1.807, 2.05) is 6.08 Å². The number of Topliss-reactive ketones (excluding diaryl/α,β-unsaturated/α-hetero) is 1. The van der Waals surface area contributed by atoms with Crippen LogP contribution in [0.2, 0.25) is 0 Å². The third-order valence-corrected chi connectivity index (χ3v) is 2.84. The van der Waals surface area contributed by atoms with Gasteiger partial charge in [-0.15, -0.1) is 0 Å². The average molecular weight is 218 g/mol. The first kappa shape index (κ1) is 10.7. The summed E-state index contributed by atoms with van der Waals surface area (Å²) >= 11 is 0. The van der Waals surface area contributed by atoms with Gasteiger partial charge in [-0.2, -0.15) is 0 Å². The summed E-state index contributed by atoms with van der Waals surface area (Å²) in [7, 11) is 0. The zero-order valence-corrected chi connectivity index (χ0v) is 8.65. The maximum Gasteiger partial charge on any atom is 0.202 e. The highest BCUT2D eigenvalue weighted by Crippen LogP contribution is 2.35. The Morgan fingerprint density at radius 1 is 1.38 bits per heavy atom. The van der Waals surface area contributed by atoms with E-state index in [0.29, 0.717) is 30.3 Å². The highest BCUT2D eigenvalue weighted by molar-refractivity contribution is 6.28. The Morgan fingerprint density at radius 3 is 2.81 bits per heavy atom. The Bertz CT molecular complexity index is 463. The summed E-state index contributed by atoms with van der Waals surface area (Å²) in [5.74, 6) is -1.28. The Balaban J connectivity index is 2.37. The second-order valence-corrected chi connectivity index (χ2v) is 3.79. The standard InChI is InChI=1S/C13H11FO2/c14-12-7-2-1-4-10(12)9-5-3-6-11(9)13(16)8-15/h1-2,4-5,7-8,11H,3,6H2. The average Bonchev–Trinajstić information content (AvgIpc) is 2.77. The number of benzene rings is 1. The van der Waals surface area contributed by atoms with Gasteiger partial charge in [-0.05, 0) is 24.5 Å². The number of hydrogen-bond acceptors (Lipinski definition) is 2. The molecular formula is C13H11FO2. The van der Waals surface area contributed by atoms with E-state index in [4.69, 9.17) is 0 Å². The number of ketones is 1. The molecule has 1 aliphatic rings. The molecule has 0 bridgehead atoms. The van der Waals surface area contributed by atoms with Crippen molar-refractivity contribution in [2.24, 2.45) is 5.92 Å². The summed E-state index contributed by atoms with van der Waals surface area (Å²) in [4.78, 5) is 21.9. The molecule has 1 aliphatic carbocycles. The van der Waals surface area contributed by atoms with Gasteiger partial charge in [0.1, 0.15) is 5.82 Å². The lowest BCUT2D eigenvalue weighted by molar-refractivity contribution is -0.131. The molecule has 1 atom stereocenters. The molecule has 0 N–H and O–H groups in total. The maximum atomic E-state index is 13.5. The number of carbonyl (C=O) groups is 2. The van der Waals surface area contributed by atoms with Crippen LogP contribution < -0.4 is 0 Å². The topological polar surface area (TPSA) is 34.1 Å². The molecule has 0 saturated heterocycles. The van der Waals surface area contributed by atoms with E-state index in [0.717, 1.165) is 0 Å². The third-order valence-electron chi connectivity index (χ3n) is 2.84. The summed E-state index contributed by atoms with van der Waals surface area (Å²) < 4.78 is 13.5. The molecule has 2 nitrogen and oxygen atoms in total. The van der Waals surface area contributed by atoms with E-state index >= 15 is 0 Å². The summed E-state index contributed by atoms with van der Waals surface area (Å²) in [5, 5.41) is 0. The molecule has 1 aromatic carbocycles. The Hall–Kier alpha value is -1.77. The smallest absolute Gasteiger partial charge is 0.202 e. The summed E-state index contributed by atoms with van der Waals surface area (Å²) in [6.45, 7) is 0. The molecule has 0 spiro atoms. The molecule has 0 heterocycles. The van der Waals surface area contributed by atoms with E-state index in [9.17, 15) is 14.0 Å². The molecule has 0 amide bonds. The van der Waals surface area contributed by atoms with Gasteiger partial charge in [0.25, 0.3) is 0 Å². The van der Waals surface area contributed by atoms with Gasteiger partial charge < -0.3 is 0 Å². The first-order valence-electron chi connectivity index (χ1n) is 5.18. The van der Waals surface area contributed by atoms with Crippen LogP contribution in [0.1, 0.15) is 18.4 Å². The van der Waals surface area contributed by atoms with Crippen molar-refractivity contribution < 1.29 is 14.0 Å². The van der Waals surface area contributed by atoms with Crippen LogP contribution in [-0.4, -0.2) is 12.1 Å². The lowest BCUT2D eigenvalue weighted by atomic mass is 9.91. The summed E-state index contributed by atoms with van der Waals surface area (Å²) in [5.41, 5.74) is 1.08. The normalized spacial score (nSPS) is 19.3. The van der Waals surface area contributed by atoms with Gasteiger partial charge in [-0.3, -0.25) is 9.59 Å². The fourth-order valence-electron chi connectivity index (χ4n) is 2.07. The van der Waals surface area contributed by atoms with Crippen molar-refractivity contribution in [3.8, 4) is 0 Å². The molecule has 0 aromatic heterocycles. The van der Waals surface area contributed by atoms with E-state index < -0.39 is 11.7 Å². The Kier molecular flexibility index (Phi) is 2.95. The molecule has 3 heteroatoms. The fraction of sp³-hybridized carbons (Fsp3) is 0.231. The Labute approximate surface area is 92.8 Å². The van der Waals surface area contributed by atoms with Crippen molar-refractivity contribution in [3.05, 3.63) is 41.7 Å². The highest BCUT2D eigenvalue weighted by atomic mass is 19.1. The maximum absolute atomic E-state index is 13.5. The second kappa shape index (κ2) is 4.39. The molecule has 1 aromatic rings. The van der Waals surface area contributed by atoms with Gasteiger partial charge >= 0.3 is 0 Å². The van der Waals surface area contributed by atoms with Gasteiger partial charge in [0.15, 0.2) is 6.29 Å². The SMILES string of the molecule is O=CC(=O)C1CCC=C1c1ccccc1F. The third kappa shape index (κ3) is 1.81. The Morgan fingerprint density at radius 2 is 2.12 bits per heavy atom. The van der Waals surface area contributed by atoms with Crippen LogP contribution in [0.4, 0.5) is 4.39 Å². The predicted molar refractivity (Wildman–Crippen MR) is 58.2 cm³/mol. The lowest BCUT2D eigenvalue weighted by Crippen LogP contribution is -2.14. The van der Waals surface area contributed by atoms with Gasteiger partial charge in [0.05, 0.1) is 5.92 Å². The molecule has 82 valence electrons.